The van der Waals surface area contributed by atoms with E-state index in [1.54, 1.807) is 19.1 Å². The molecule has 0 bridgehead atoms. The zero-order chi connectivity index (χ0) is 12.4. The Balaban J connectivity index is 4.13. The summed E-state index contributed by atoms with van der Waals surface area (Å²) < 4.78 is 14.3. The van der Waals surface area contributed by atoms with E-state index in [1.165, 1.54) is 7.11 Å². The number of nitrogens with one attached hydrogen (secondary N) is 1. The van der Waals surface area contributed by atoms with Gasteiger partial charge in [0.1, 0.15) is 0 Å². The lowest BCUT2D eigenvalue weighted by Crippen LogP contribution is -2.45. The topological polar surface area (TPSA) is 60.0 Å². The van der Waals surface area contributed by atoms with Gasteiger partial charge in [0.05, 0.1) is 20.3 Å². The number of alkyl carbamates (subject to hydrolysis) is 1. The second-order valence-electron chi connectivity index (χ2n) is 2.89. The molecule has 6 nitrogen and oxygen atoms in total. The normalized spacial score (nSPS) is 9.69. The molecule has 0 radical (unpaired) electrons. The van der Waals surface area contributed by atoms with Gasteiger partial charge in [-0.2, -0.15) is 0 Å². The van der Waals surface area contributed by atoms with Crippen LogP contribution in [0.25, 0.3) is 0 Å². The summed E-state index contributed by atoms with van der Waals surface area (Å²) >= 11 is 5.05. The van der Waals surface area contributed by atoms with E-state index in [4.69, 9.17) is 21.7 Å². The number of ether oxygens (including phenoxy) is 3. The van der Waals surface area contributed by atoms with E-state index in [0.29, 0.717) is 31.4 Å². The molecule has 0 atom stereocenters. The fraction of sp³-hybridized carbons (Fsp3) is 0.778. The third-order valence-corrected chi connectivity index (χ3v) is 2.17. The molecule has 1 N–H and O–H groups in total. The minimum Gasteiger partial charge on any atom is -0.453 e. The largest absolute Gasteiger partial charge is 0.453 e. The molecule has 0 aliphatic heterocycles. The van der Waals surface area contributed by atoms with Gasteiger partial charge < -0.3 is 19.1 Å². The molecule has 1 amide bonds. The molecule has 0 heterocycles. The van der Waals surface area contributed by atoms with Gasteiger partial charge in [-0.25, -0.2) is 4.79 Å². The SMILES string of the molecule is COCCN(CCOC)C(=S)NC(=O)OC. The first kappa shape index (κ1) is 15.1. The summed E-state index contributed by atoms with van der Waals surface area (Å²) in [5.74, 6) is 0. The van der Waals surface area contributed by atoms with Gasteiger partial charge in [-0.05, 0) is 12.2 Å². The highest BCUT2D eigenvalue weighted by Crippen LogP contribution is 1.92. The minimum atomic E-state index is -0.579. The Labute approximate surface area is 101 Å². The average molecular weight is 250 g/mol. The number of carbonyl (C=O) groups excluding carboxylic acids is 1. The van der Waals surface area contributed by atoms with Crippen LogP contribution in [0.1, 0.15) is 0 Å². The number of nitrogens with zero attached hydrogens (tertiary/aromatic N) is 1. The maximum atomic E-state index is 11.0. The van der Waals surface area contributed by atoms with Crippen molar-refractivity contribution >= 4 is 23.4 Å². The molecular weight excluding hydrogens is 232 g/mol. The molecule has 0 unspecified atom stereocenters. The van der Waals surface area contributed by atoms with Crippen molar-refractivity contribution in [1.29, 1.82) is 0 Å². The van der Waals surface area contributed by atoms with Crippen LogP contribution in [-0.4, -0.2) is 63.7 Å². The second kappa shape index (κ2) is 9.32. The molecule has 0 aromatic rings. The van der Waals surface area contributed by atoms with Crippen molar-refractivity contribution in [3.63, 3.8) is 0 Å². The smallest absolute Gasteiger partial charge is 0.413 e. The average Bonchev–Trinajstić information content (AvgIpc) is 2.28. The van der Waals surface area contributed by atoms with Gasteiger partial charge in [0, 0.05) is 27.3 Å². The molecule has 0 fully saturated rings. The summed E-state index contributed by atoms with van der Waals surface area (Å²) in [5.41, 5.74) is 0. The highest BCUT2D eigenvalue weighted by molar-refractivity contribution is 7.80. The van der Waals surface area contributed by atoms with E-state index < -0.39 is 6.09 Å². The summed E-state index contributed by atoms with van der Waals surface area (Å²) in [7, 11) is 4.49. The zero-order valence-electron chi connectivity index (χ0n) is 9.82. The Morgan fingerprint density at radius 3 is 2.06 bits per heavy atom. The summed E-state index contributed by atoms with van der Waals surface area (Å²) in [5, 5.41) is 2.74. The fourth-order valence-electron chi connectivity index (χ4n) is 0.935. The molecule has 0 aromatic heterocycles. The number of methoxy groups -OCH3 is 3. The molecule has 0 rings (SSSR count). The van der Waals surface area contributed by atoms with Gasteiger partial charge in [0.15, 0.2) is 5.11 Å². The van der Waals surface area contributed by atoms with Crippen molar-refractivity contribution < 1.29 is 19.0 Å². The van der Waals surface area contributed by atoms with E-state index >= 15 is 0 Å². The molecule has 94 valence electrons. The first-order valence-corrected chi connectivity index (χ1v) is 5.18. The van der Waals surface area contributed by atoms with Crippen molar-refractivity contribution in [3.05, 3.63) is 0 Å². The maximum absolute atomic E-state index is 11.0. The first-order chi connectivity index (χ1) is 7.65. The summed E-state index contributed by atoms with van der Waals surface area (Å²) in [6.45, 7) is 2.21. The standard InChI is InChI=1S/C9H18N2O4S/c1-13-6-4-11(5-7-14-2)8(16)10-9(12)15-3/h4-7H2,1-3H3,(H,10,12,16). The van der Waals surface area contributed by atoms with Gasteiger partial charge in [-0.1, -0.05) is 0 Å². The number of rotatable bonds is 6. The van der Waals surface area contributed by atoms with E-state index in [2.05, 4.69) is 10.1 Å². The van der Waals surface area contributed by atoms with Crippen molar-refractivity contribution in [2.45, 2.75) is 0 Å². The number of hydrogen-bond donors (Lipinski definition) is 1. The molecule has 0 aromatic carbocycles. The third-order valence-electron chi connectivity index (χ3n) is 1.81. The van der Waals surface area contributed by atoms with Crippen molar-refractivity contribution in [2.75, 3.05) is 47.6 Å². The maximum Gasteiger partial charge on any atom is 0.413 e. The third kappa shape index (κ3) is 6.54. The van der Waals surface area contributed by atoms with E-state index in [9.17, 15) is 4.79 Å². The molecular formula is C9H18N2O4S. The van der Waals surface area contributed by atoms with Crippen molar-refractivity contribution in [3.8, 4) is 0 Å². The minimum absolute atomic E-state index is 0.306. The van der Waals surface area contributed by atoms with Crippen LogP contribution in [0.5, 0.6) is 0 Å². The van der Waals surface area contributed by atoms with Crippen LogP contribution in [0, 0.1) is 0 Å². The lowest BCUT2D eigenvalue weighted by molar-refractivity contribution is 0.144. The van der Waals surface area contributed by atoms with E-state index in [1.807, 2.05) is 0 Å². The predicted octanol–water partition coefficient (Wildman–Crippen LogP) is 0.222. The molecule has 0 saturated carbocycles. The lowest BCUT2D eigenvalue weighted by Gasteiger charge is -2.24. The van der Waals surface area contributed by atoms with Gasteiger partial charge >= 0.3 is 6.09 Å². The number of carbonyl (C=O) groups is 1. The van der Waals surface area contributed by atoms with Gasteiger partial charge in [-0.15, -0.1) is 0 Å². The van der Waals surface area contributed by atoms with Gasteiger partial charge in [0.2, 0.25) is 0 Å². The molecule has 0 aliphatic rings. The first-order valence-electron chi connectivity index (χ1n) is 4.77. The molecule has 0 aliphatic carbocycles. The second-order valence-corrected chi connectivity index (χ2v) is 3.28. The zero-order valence-corrected chi connectivity index (χ0v) is 10.6. The summed E-state index contributed by atoms with van der Waals surface area (Å²) in [6.07, 6.45) is -0.579. The number of amides is 1. The van der Waals surface area contributed by atoms with Crippen LogP contribution >= 0.6 is 12.2 Å². The lowest BCUT2D eigenvalue weighted by atomic mass is 10.5. The van der Waals surface area contributed by atoms with E-state index in [0.717, 1.165) is 0 Å². The van der Waals surface area contributed by atoms with Crippen molar-refractivity contribution in [2.24, 2.45) is 0 Å². The van der Waals surface area contributed by atoms with Crippen LogP contribution in [0.4, 0.5) is 4.79 Å². The Morgan fingerprint density at radius 1 is 1.19 bits per heavy atom. The highest BCUT2D eigenvalue weighted by Gasteiger charge is 2.11. The predicted molar refractivity (Wildman–Crippen MR) is 63.5 cm³/mol. The monoisotopic (exact) mass is 250 g/mol. The highest BCUT2D eigenvalue weighted by atomic mass is 32.1. The van der Waals surface area contributed by atoms with Crippen LogP contribution in [0.3, 0.4) is 0 Å². The Kier molecular flexibility index (Phi) is 8.78. The molecule has 16 heavy (non-hydrogen) atoms. The quantitative estimate of drug-likeness (QED) is 0.681. The molecule has 0 spiro atoms. The van der Waals surface area contributed by atoms with Crippen LogP contribution in [0.2, 0.25) is 0 Å². The van der Waals surface area contributed by atoms with E-state index in [-0.39, 0.29) is 0 Å². The Hall–Kier alpha value is -0.920. The Morgan fingerprint density at radius 2 is 1.69 bits per heavy atom. The fourth-order valence-corrected chi connectivity index (χ4v) is 1.20. The number of hydrogen-bond acceptors (Lipinski definition) is 5. The Bertz CT molecular complexity index is 218. The van der Waals surface area contributed by atoms with Crippen LogP contribution in [-0.2, 0) is 14.2 Å². The van der Waals surface area contributed by atoms with Crippen LogP contribution in [0.15, 0.2) is 0 Å². The van der Waals surface area contributed by atoms with Crippen LogP contribution < -0.4 is 5.32 Å². The van der Waals surface area contributed by atoms with Gasteiger partial charge in [0.25, 0.3) is 0 Å². The summed E-state index contributed by atoms with van der Waals surface area (Å²) in [6, 6.07) is 0. The van der Waals surface area contributed by atoms with Gasteiger partial charge in [-0.3, -0.25) is 5.32 Å². The van der Waals surface area contributed by atoms with Crippen molar-refractivity contribution in [1.82, 2.24) is 10.2 Å². The summed E-state index contributed by atoms with van der Waals surface area (Å²) in [4.78, 5) is 12.7. The number of thiocarbonyl (C=S) groups is 1. The molecule has 0 saturated heterocycles. The molecule has 7 heteroatoms.